The van der Waals surface area contributed by atoms with Crippen LogP contribution in [-0.2, 0) is 4.74 Å². The second-order valence-corrected chi connectivity index (χ2v) is 6.67. The van der Waals surface area contributed by atoms with Crippen LogP contribution in [0.1, 0.15) is 30.7 Å². The summed E-state index contributed by atoms with van der Waals surface area (Å²) in [5.41, 5.74) is 6.15. The molecule has 2 rings (SSSR count). The van der Waals surface area contributed by atoms with Crippen molar-refractivity contribution in [2.24, 2.45) is 5.73 Å². The van der Waals surface area contributed by atoms with Gasteiger partial charge < -0.3 is 10.5 Å². The summed E-state index contributed by atoms with van der Waals surface area (Å²) in [7, 11) is 0. The van der Waals surface area contributed by atoms with Crippen molar-refractivity contribution >= 4 is 38.9 Å². The normalized spacial score (nSPS) is 28.3. The fourth-order valence-electron chi connectivity index (χ4n) is 1.81. The zero-order chi connectivity index (χ0) is 11.0. The van der Waals surface area contributed by atoms with Crippen LogP contribution >= 0.6 is 38.9 Å². The van der Waals surface area contributed by atoms with Gasteiger partial charge in [0.2, 0.25) is 0 Å². The molecule has 2 heterocycles. The minimum Gasteiger partial charge on any atom is -0.373 e. The average Bonchev–Trinajstić information content (AvgIpc) is 2.74. The summed E-state index contributed by atoms with van der Waals surface area (Å²) in [6.45, 7) is 2.09. The van der Waals surface area contributed by atoms with E-state index < -0.39 is 0 Å². The number of thiophene rings is 1. The lowest BCUT2D eigenvalue weighted by Gasteiger charge is -2.17. The maximum absolute atomic E-state index is 6.15. The van der Waals surface area contributed by atoms with Crippen LogP contribution in [0.3, 0.4) is 0 Å². The summed E-state index contributed by atoms with van der Waals surface area (Å²) in [6.07, 6.45) is 2.61. The fraction of sp³-hybridized carbons (Fsp3) is 0.600. The third-order valence-electron chi connectivity index (χ3n) is 2.66. The van der Waals surface area contributed by atoms with Gasteiger partial charge in [0.15, 0.2) is 0 Å². The zero-order valence-corrected chi connectivity index (χ0v) is 11.5. The van der Waals surface area contributed by atoms with Gasteiger partial charge in [0.05, 0.1) is 27.1 Å². The first-order valence-corrected chi connectivity index (χ1v) is 6.92. The van der Waals surface area contributed by atoms with Crippen LogP contribution < -0.4 is 5.73 Å². The van der Waals surface area contributed by atoms with E-state index in [0.29, 0.717) is 6.10 Å². The predicted octanol–water partition coefficient (Wildman–Crippen LogP) is 3.73. The van der Waals surface area contributed by atoms with E-state index in [1.54, 1.807) is 11.3 Å². The zero-order valence-electron chi connectivity index (χ0n) is 8.37. The Morgan fingerprint density at radius 3 is 2.87 bits per heavy atom. The SMILES string of the molecule is CC1CCC(C(N)c2cc(Cl)c(Br)s2)O1. The second-order valence-electron chi connectivity index (χ2n) is 3.86. The highest BCUT2D eigenvalue weighted by Crippen LogP contribution is 2.38. The van der Waals surface area contributed by atoms with E-state index in [9.17, 15) is 0 Å². The number of rotatable bonds is 2. The van der Waals surface area contributed by atoms with Crippen LogP contribution in [0.15, 0.2) is 9.85 Å². The molecule has 2 nitrogen and oxygen atoms in total. The summed E-state index contributed by atoms with van der Waals surface area (Å²) < 4.78 is 6.69. The van der Waals surface area contributed by atoms with E-state index in [0.717, 1.165) is 26.5 Å². The van der Waals surface area contributed by atoms with Crippen molar-refractivity contribution in [3.8, 4) is 0 Å². The number of hydrogen-bond acceptors (Lipinski definition) is 3. The maximum Gasteiger partial charge on any atom is 0.0888 e. The van der Waals surface area contributed by atoms with Gasteiger partial charge in [-0.25, -0.2) is 0 Å². The molecule has 1 saturated heterocycles. The average molecular weight is 311 g/mol. The molecule has 84 valence electrons. The molecule has 0 aliphatic carbocycles. The quantitative estimate of drug-likeness (QED) is 0.903. The molecule has 1 aromatic heterocycles. The van der Waals surface area contributed by atoms with E-state index in [4.69, 9.17) is 22.1 Å². The minimum absolute atomic E-state index is 0.0521. The highest BCUT2D eigenvalue weighted by atomic mass is 79.9. The molecule has 0 radical (unpaired) electrons. The first-order valence-electron chi connectivity index (χ1n) is 4.93. The molecule has 0 bridgehead atoms. The summed E-state index contributed by atoms with van der Waals surface area (Å²) >= 11 is 11.0. The van der Waals surface area contributed by atoms with Gasteiger partial charge >= 0.3 is 0 Å². The molecule has 1 aliphatic rings. The number of nitrogens with two attached hydrogens (primary N) is 1. The highest BCUT2D eigenvalue weighted by molar-refractivity contribution is 9.11. The maximum atomic E-state index is 6.15. The van der Waals surface area contributed by atoms with Crippen LogP contribution in [0, 0.1) is 0 Å². The number of ether oxygens (including phenoxy) is 1. The van der Waals surface area contributed by atoms with Gasteiger partial charge in [0.1, 0.15) is 0 Å². The Labute approximate surface area is 107 Å². The standard InChI is InChI=1S/C10H13BrClNOS/c1-5-2-3-7(14-5)9(13)8-4-6(12)10(11)15-8/h4-5,7,9H,2-3,13H2,1H3. The summed E-state index contributed by atoms with van der Waals surface area (Å²) in [5, 5.41) is 0.733. The van der Waals surface area contributed by atoms with Gasteiger partial charge in [-0.1, -0.05) is 11.6 Å². The fourth-order valence-corrected chi connectivity index (χ4v) is 3.61. The van der Waals surface area contributed by atoms with Gasteiger partial charge in [-0.3, -0.25) is 0 Å². The molecule has 1 fully saturated rings. The number of hydrogen-bond donors (Lipinski definition) is 1. The van der Waals surface area contributed by atoms with E-state index in [-0.39, 0.29) is 12.1 Å². The Balaban J connectivity index is 2.10. The Morgan fingerprint density at radius 2 is 2.40 bits per heavy atom. The second kappa shape index (κ2) is 4.72. The molecule has 15 heavy (non-hydrogen) atoms. The monoisotopic (exact) mass is 309 g/mol. The van der Waals surface area contributed by atoms with E-state index in [1.165, 1.54) is 0 Å². The predicted molar refractivity (Wildman–Crippen MR) is 67.5 cm³/mol. The lowest BCUT2D eigenvalue weighted by molar-refractivity contribution is 0.0408. The largest absolute Gasteiger partial charge is 0.373 e. The molecule has 0 aromatic carbocycles. The number of halogens is 2. The smallest absolute Gasteiger partial charge is 0.0888 e. The Morgan fingerprint density at radius 1 is 1.67 bits per heavy atom. The molecule has 0 amide bonds. The van der Waals surface area contributed by atoms with E-state index >= 15 is 0 Å². The van der Waals surface area contributed by atoms with E-state index in [1.807, 2.05) is 6.07 Å². The highest BCUT2D eigenvalue weighted by Gasteiger charge is 2.29. The molecule has 3 atom stereocenters. The first kappa shape index (κ1) is 11.9. The summed E-state index contributed by atoms with van der Waals surface area (Å²) in [5.74, 6) is 0. The molecular weight excluding hydrogens is 298 g/mol. The van der Waals surface area contributed by atoms with Gasteiger partial charge in [-0.05, 0) is 41.8 Å². The van der Waals surface area contributed by atoms with Gasteiger partial charge in [-0.2, -0.15) is 0 Å². The third-order valence-corrected chi connectivity index (χ3v) is 5.23. The van der Waals surface area contributed by atoms with Crippen LogP contribution in [0.4, 0.5) is 0 Å². The molecule has 2 N–H and O–H groups in total. The van der Waals surface area contributed by atoms with Crippen LogP contribution in [0.2, 0.25) is 5.02 Å². The van der Waals surface area contributed by atoms with Crippen LogP contribution in [0.5, 0.6) is 0 Å². The molecule has 0 spiro atoms. The Bertz CT molecular complexity index is 338. The summed E-state index contributed by atoms with van der Waals surface area (Å²) in [4.78, 5) is 1.09. The summed E-state index contributed by atoms with van der Waals surface area (Å²) in [6, 6.07) is 1.87. The first-order chi connectivity index (χ1) is 7.08. The minimum atomic E-state index is -0.0521. The van der Waals surface area contributed by atoms with Crippen molar-refractivity contribution < 1.29 is 4.74 Å². The van der Waals surface area contributed by atoms with Crippen molar-refractivity contribution in [1.82, 2.24) is 0 Å². The van der Waals surface area contributed by atoms with Gasteiger partial charge in [0, 0.05) is 4.88 Å². The van der Waals surface area contributed by atoms with Crippen LogP contribution in [0.25, 0.3) is 0 Å². The van der Waals surface area contributed by atoms with Crippen molar-refractivity contribution in [1.29, 1.82) is 0 Å². The van der Waals surface area contributed by atoms with Crippen LogP contribution in [-0.4, -0.2) is 12.2 Å². The third kappa shape index (κ3) is 2.56. The molecule has 3 unspecified atom stereocenters. The Hall–Kier alpha value is 0.390. The molecule has 5 heteroatoms. The van der Waals surface area contributed by atoms with Crippen molar-refractivity contribution in [3.63, 3.8) is 0 Å². The lowest BCUT2D eigenvalue weighted by atomic mass is 10.1. The van der Waals surface area contributed by atoms with Crippen molar-refractivity contribution in [2.75, 3.05) is 0 Å². The Kier molecular flexibility index (Phi) is 3.73. The molecule has 1 aliphatic heterocycles. The molecule has 0 saturated carbocycles. The van der Waals surface area contributed by atoms with E-state index in [2.05, 4.69) is 22.9 Å². The topological polar surface area (TPSA) is 35.2 Å². The van der Waals surface area contributed by atoms with Gasteiger partial charge in [-0.15, -0.1) is 11.3 Å². The molecular formula is C10H13BrClNOS. The van der Waals surface area contributed by atoms with Crippen molar-refractivity contribution in [2.45, 2.75) is 38.0 Å². The van der Waals surface area contributed by atoms with Gasteiger partial charge in [0.25, 0.3) is 0 Å². The lowest BCUT2D eigenvalue weighted by Crippen LogP contribution is -2.25. The molecule has 1 aromatic rings. The van der Waals surface area contributed by atoms with Crippen molar-refractivity contribution in [3.05, 3.63) is 19.8 Å².